The van der Waals surface area contributed by atoms with Crippen molar-refractivity contribution in [2.24, 2.45) is 11.0 Å². The van der Waals surface area contributed by atoms with E-state index in [9.17, 15) is 22.8 Å². The Morgan fingerprint density at radius 2 is 1.81 bits per heavy atom. The second-order valence-electron chi connectivity index (χ2n) is 7.36. The van der Waals surface area contributed by atoms with E-state index in [1.54, 1.807) is 34.6 Å². The van der Waals surface area contributed by atoms with E-state index in [1.165, 1.54) is 0 Å². The van der Waals surface area contributed by atoms with Crippen LogP contribution < -0.4 is 5.32 Å². The van der Waals surface area contributed by atoms with Crippen molar-refractivity contribution in [1.29, 1.82) is 0 Å². The van der Waals surface area contributed by atoms with Gasteiger partial charge < -0.3 is 14.8 Å². The minimum absolute atomic E-state index is 0.0807. The molecule has 0 saturated carbocycles. The summed E-state index contributed by atoms with van der Waals surface area (Å²) in [6.45, 7) is 8.27. The van der Waals surface area contributed by atoms with Crippen LogP contribution in [0.2, 0.25) is 0 Å². The molecule has 2 atom stereocenters. The van der Waals surface area contributed by atoms with Crippen LogP contribution >= 0.6 is 0 Å². The number of ether oxygens (including phenoxy) is 2. The maximum Gasteiger partial charge on any atom is 0.408 e. The summed E-state index contributed by atoms with van der Waals surface area (Å²) in [7, 11) is 0. The maximum atomic E-state index is 12.4. The maximum absolute atomic E-state index is 12.4. The molecule has 1 N–H and O–H groups in total. The van der Waals surface area contributed by atoms with Gasteiger partial charge in [-0.15, -0.1) is 0 Å². The molecule has 8 nitrogen and oxygen atoms in total. The van der Waals surface area contributed by atoms with Gasteiger partial charge in [-0.25, -0.2) is 9.59 Å². The lowest BCUT2D eigenvalue weighted by Gasteiger charge is -2.24. The molecule has 0 aliphatic heterocycles. The van der Waals surface area contributed by atoms with Crippen molar-refractivity contribution in [2.45, 2.75) is 77.7 Å². The number of azide groups is 1. The van der Waals surface area contributed by atoms with Gasteiger partial charge in [-0.05, 0) is 45.1 Å². The fourth-order valence-electron chi connectivity index (χ4n) is 2.05. The predicted molar refractivity (Wildman–Crippen MR) is 91.8 cm³/mol. The second kappa shape index (κ2) is 10.9. The molecule has 11 heteroatoms. The molecule has 156 valence electrons. The van der Waals surface area contributed by atoms with E-state index < -0.39 is 42.3 Å². The van der Waals surface area contributed by atoms with Gasteiger partial charge in [0.15, 0.2) is 0 Å². The van der Waals surface area contributed by atoms with Crippen LogP contribution in [-0.2, 0) is 14.3 Å². The van der Waals surface area contributed by atoms with E-state index >= 15 is 0 Å². The van der Waals surface area contributed by atoms with Crippen molar-refractivity contribution >= 4 is 12.1 Å². The smallest absolute Gasteiger partial charge is 0.408 e. The van der Waals surface area contributed by atoms with Crippen molar-refractivity contribution < 1.29 is 32.2 Å². The molecule has 0 fully saturated rings. The van der Waals surface area contributed by atoms with E-state index in [-0.39, 0.29) is 25.4 Å². The summed E-state index contributed by atoms with van der Waals surface area (Å²) >= 11 is 0. The van der Waals surface area contributed by atoms with Crippen molar-refractivity contribution in [3.8, 4) is 0 Å². The van der Waals surface area contributed by atoms with Gasteiger partial charge in [-0.1, -0.05) is 19.0 Å². The van der Waals surface area contributed by atoms with Crippen LogP contribution in [0.4, 0.5) is 18.0 Å². The molecule has 0 heterocycles. The van der Waals surface area contributed by atoms with Gasteiger partial charge in [0, 0.05) is 11.0 Å². The van der Waals surface area contributed by atoms with E-state index in [0.717, 1.165) is 0 Å². The van der Waals surface area contributed by atoms with Gasteiger partial charge in [-0.2, -0.15) is 13.2 Å². The predicted octanol–water partition coefficient (Wildman–Crippen LogP) is 4.49. The number of amides is 1. The van der Waals surface area contributed by atoms with Crippen molar-refractivity contribution in [2.75, 3.05) is 6.61 Å². The zero-order chi connectivity index (χ0) is 21.3. The molecule has 27 heavy (non-hydrogen) atoms. The lowest BCUT2D eigenvalue weighted by Crippen LogP contribution is -2.47. The molecule has 1 unspecified atom stereocenters. The van der Waals surface area contributed by atoms with Crippen molar-refractivity contribution in [3.05, 3.63) is 10.4 Å². The zero-order valence-electron chi connectivity index (χ0n) is 16.2. The molecular formula is C16H27F3N4O4. The lowest BCUT2D eigenvalue weighted by atomic mass is 10.1. The normalized spacial score (nSPS) is 14.1. The Balaban J connectivity index is 4.53. The number of alkyl halides is 3. The number of hydrogen-bond acceptors (Lipinski definition) is 5. The lowest BCUT2D eigenvalue weighted by molar-refractivity contribution is -0.148. The molecule has 0 rings (SSSR count). The van der Waals surface area contributed by atoms with Crippen molar-refractivity contribution in [1.82, 2.24) is 5.32 Å². The van der Waals surface area contributed by atoms with Crippen LogP contribution in [0.5, 0.6) is 0 Å². The first-order valence-corrected chi connectivity index (χ1v) is 8.52. The molecule has 0 aromatic carbocycles. The highest BCUT2D eigenvalue weighted by atomic mass is 19.4. The summed E-state index contributed by atoms with van der Waals surface area (Å²) in [4.78, 5) is 26.3. The topological polar surface area (TPSA) is 113 Å². The van der Waals surface area contributed by atoms with Gasteiger partial charge in [0.25, 0.3) is 0 Å². The summed E-state index contributed by atoms with van der Waals surface area (Å²) in [6.07, 6.45) is -6.45. The summed E-state index contributed by atoms with van der Waals surface area (Å²) < 4.78 is 47.3. The van der Waals surface area contributed by atoms with Gasteiger partial charge in [0.1, 0.15) is 11.6 Å². The summed E-state index contributed by atoms with van der Waals surface area (Å²) in [6, 6.07) is -2.21. The van der Waals surface area contributed by atoms with Crippen LogP contribution in [0.1, 0.15) is 53.9 Å². The number of carbonyl (C=O) groups excluding carboxylic acids is 2. The molecule has 1 amide bonds. The number of alkyl carbamates (subject to hydrolysis) is 1. The first kappa shape index (κ1) is 24.8. The van der Waals surface area contributed by atoms with Crippen LogP contribution in [0, 0.1) is 5.92 Å². The number of hydrogen-bond donors (Lipinski definition) is 1. The first-order valence-electron chi connectivity index (χ1n) is 8.52. The Kier molecular flexibility index (Phi) is 9.99. The molecular weight excluding hydrogens is 369 g/mol. The van der Waals surface area contributed by atoms with E-state index in [1.807, 2.05) is 0 Å². The number of esters is 1. The average Bonchev–Trinajstić information content (AvgIpc) is 2.45. The SMILES string of the molecule is CC(C)[C@H](NC(=O)OC(C)(C)C)C(=O)OCCCC(CC(F)(F)F)N=[N+]=[N-]. The van der Waals surface area contributed by atoms with Crippen LogP contribution in [-0.4, -0.2) is 42.5 Å². The monoisotopic (exact) mass is 396 g/mol. The molecule has 0 bridgehead atoms. The average molecular weight is 396 g/mol. The van der Waals surface area contributed by atoms with Gasteiger partial charge in [0.05, 0.1) is 13.0 Å². The molecule has 0 aromatic heterocycles. The Morgan fingerprint density at radius 3 is 2.26 bits per heavy atom. The first-order chi connectivity index (χ1) is 12.2. The van der Waals surface area contributed by atoms with E-state index in [0.29, 0.717) is 0 Å². The number of halogens is 3. The minimum Gasteiger partial charge on any atom is -0.464 e. The largest absolute Gasteiger partial charge is 0.464 e. The summed E-state index contributed by atoms with van der Waals surface area (Å²) in [5.74, 6) is -1.00. The molecule has 0 aliphatic rings. The number of nitrogens with zero attached hydrogens (tertiary/aromatic N) is 3. The Labute approximate surface area is 156 Å². The van der Waals surface area contributed by atoms with Crippen LogP contribution in [0.3, 0.4) is 0 Å². The molecule has 0 radical (unpaired) electrons. The Hall–Kier alpha value is -2.16. The quantitative estimate of drug-likeness (QED) is 0.203. The fourth-order valence-corrected chi connectivity index (χ4v) is 2.05. The van der Waals surface area contributed by atoms with E-state index in [4.69, 9.17) is 15.0 Å². The highest BCUT2D eigenvalue weighted by molar-refractivity contribution is 5.81. The summed E-state index contributed by atoms with van der Waals surface area (Å²) in [5.41, 5.74) is 7.60. The molecule has 0 saturated heterocycles. The third kappa shape index (κ3) is 12.8. The highest BCUT2D eigenvalue weighted by Gasteiger charge is 2.31. The molecule has 0 spiro atoms. The Morgan fingerprint density at radius 1 is 1.22 bits per heavy atom. The van der Waals surface area contributed by atoms with Gasteiger partial charge in [0.2, 0.25) is 0 Å². The minimum atomic E-state index is -4.45. The molecule has 0 aliphatic carbocycles. The Bertz CT molecular complexity index is 541. The third-order valence-corrected chi connectivity index (χ3v) is 3.20. The number of rotatable bonds is 9. The zero-order valence-corrected chi connectivity index (χ0v) is 16.2. The number of nitrogens with one attached hydrogen (secondary N) is 1. The van der Waals surface area contributed by atoms with Crippen LogP contribution in [0.15, 0.2) is 5.11 Å². The molecule has 0 aromatic rings. The van der Waals surface area contributed by atoms with Gasteiger partial charge in [-0.3, -0.25) is 0 Å². The van der Waals surface area contributed by atoms with Crippen molar-refractivity contribution in [3.63, 3.8) is 0 Å². The fraction of sp³-hybridized carbons (Fsp3) is 0.875. The summed E-state index contributed by atoms with van der Waals surface area (Å²) in [5, 5.41) is 5.53. The van der Waals surface area contributed by atoms with E-state index in [2.05, 4.69) is 15.3 Å². The van der Waals surface area contributed by atoms with Crippen LogP contribution in [0.25, 0.3) is 10.4 Å². The third-order valence-electron chi connectivity index (χ3n) is 3.20. The number of carbonyl (C=O) groups is 2. The standard InChI is InChI=1S/C16H27F3N4O4/c1-10(2)12(21-14(25)27-15(3,4)5)13(24)26-8-6-7-11(22-23-20)9-16(17,18)19/h10-12H,6-9H2,1-5H3,(H,21,25)/t11?,12-/m0/s1. The van der Waals surface area contributed by atoms with Gasteiger partial charge >= 0.3 is 18.2 Å². The highest BCUT2D eigenvalue weighted by Crippen LogP contribution is 2.25. The second-order valence-corrected chi connectivity index (χ2v) is 7.36.